The summed E-state index contributed by atoms with van der Waals surface area (Å²) < 4.78 is 32.8. The number of para-hydroxylation sites is 1. The number of nitrogens with zero attached hydrogens (tertiary/aromatic N) is 2. The van der Waals surface area contributed by atoms with E-state index in [9.17, 15) is 8.42 Å². The minimum atomic E-state index is -3.47. The van der Waals surface area contributed by atoms with Gasteiger partial charge < -0.3 is 9.64 Å². The summed E-state index contributed by atoms with van der Waals surface area (Å²) >= 11 is 6.07. The van der Waals surface area contributed by atoms with Crippen molar-refractivity contribution in [2.75, 3.05) is 32.7 Å². The van der Waals surface area contributed by atoms with Crippen LogP contribution in [0, 0.1) is 0 Å². The average Bonchev–Trinajstić information content (AvgIpc) is 2.64. The van der Waals surface area contributed by atoms with Crippen LogP contribution in [0.15, 0.2) is 53.4 Å². The smallest absolute Gasteiger partial charge is 0.243 e. The Labute approximate surface area is 153 Å². The first kappa shape index (κ1) is 18.2. The molecule has 2 aromatic rings. The van der Waals surface area contributed by atoms with Crippen LogP contribution in [0.4, 0.5) is 0 Å². The molecule has 3 rings (SSSR count). The molecule has 0 amide bonds. The molecule has 134 valence electrons. The number of likely N-dealkylation sites (N-methyl/N-ethyl adjacent to an activating group) is 1. The van der Waals surface area contributed by atoms with Gasteiger partial charge in [0.15, 0.2) is 0 Å². The molecule has 0 bridgehead atoms. The zero-order valence-corrected chi connectivity index (χ0v) is 15.6. The minimum Gasteiger partial charge on any atom is -0.456 e. The van der Waals surface area contributed by atoms with Crippen molar-refractivity contribution in [2.45, 2.75) is 11.8 Å². The lowest BCUT2D eigenvalue weighted by Gasteiger charge is -2.33. The van der Waals surface area contributed by atoms with E-state index in [0.717, 1.165) is 19.6 Å². The molecular formula is C18H21ClN2O3S. The summed E-state index contributed by atoms with van der Waals surface area (Å²) in [5.41, 5.74) is 0. The Morgan fingerprint density at radius 1 is 1.00 bits per heavy atom. The van der Waals surface area contributed by atoms with Gasteiger partial charge in [0.1, 0.15) is 11.5 Å². The number of hydrogen-bond donors (Lipinski definition) is 0. The maximum atomic E-state index is 12.8. The van der Waals surface area contributed by atoms with Crippen molar-refractivity contribution in [1.82, 2.24) is 9.21 Å². The number of piperazine rings is 1. The van der Waals surface area contributed by atoms with Gasteiger partial charge >= 0.3 is 0 Å². The first-order chi connectivity index (χ1) is 12.0. The molecule has 0 spiro atoms. The van der Waals surface area contributed by atoms with E-state index in [1.54, 1.807) is 40.7 Å². The van der Waals surface area contributed by atoms with Gasteiger partial charge in [-0.05, 0) is 42.9 Å². The number of hydrogen-bond acceptors (Lipinski definition) is 4. The van der Waals surface area contributed by atoms with E-state index in [0.29, 0.717) is 29.6 Å². The van der Waals surface area contributed by atoms with E-state index in [1.165, 1.54) is 0 Å². The van der Waals surface area contributed by atoms with E-state index in [2.05, 4.69) is 11.8 Å². The van der Waals surface area contributed by atoms with Gasteiger partial charge in [-0.15, -0.1) is 0 Å². The third-order valence-electron chi connectivity index (χ3n) is 4.30. The van der Waals surface area contributed by atoms with Crippen LogP contribution in [-0.4, -0.2) is 50.3 Å². The molecule has 1 aliphatic heterocycles. The Bertz CT molecular complexity index is 816. The lowest BCUT2D eigenvalue weighted by molar-refractivity contribution is 0.196. The Balaban J connectivity index is 1.72. The molecule has 7 heteroatoms. The second kappa shape index (κ2) is 7.74. The highest BCUT2D eigenvalue weighted by molar-refractivity contribution is 7.89. The fourth-order valence-corrected chi connectivity index (χ4v) is 4.37. The number of rotatable bonds is 5. The molecule has 0 radical (unpaired) electrons. The first-order valence-electron chi connectivity index (χ1n) is 8.25. The number of ether oxygens (including phenoxy) is 1. The molecular weight excluding hydrogens is 360 g/mol. The zero-order valence-electron chi connectivity index (χ0n) is 14.1. The minimum absolute atomic E-state index is 0.281. The van der Waals surface area contributed by atoms with Gasteiger partial charge in [0.2, 0.25) is 10.0 Å². The predicted molar refractivity (Wildman–Crippen MR) is 98.8 cm³/mol. The van der Waals surface area contributed by atoms with E-state index in [4.69, 9.17) is 16.3 Å². The van der Waals surface area contributed by atoms with Crippen molar-refractivity contribution in [2.24, 2.45) is 0 Å². The molecule has 1 heterocycles. The largest absolute Gasteiger partial charge is 0.456 e. The summed E-state index contributed by atoms with van der Waals surface area (Å²) in [6.45, 7) is 5.61. The quantitative estimate of drug-likeness (QED) is 0.797. The molecule has 0 atom stereocenters. The maximum Gasteiger partial charge on any atom is 0.243 e. The highest BCUT2D eigenvalue weighted by atomic mass is 35.5. The second-order valence-electron chi connectivity index (χ2n) is 5.84. The molecule has 1 aliphatic rings. The number of benzene rings is 2. The van der Waals surface area contributed by atoms with Gasteiger partial charge in [-0.3, -0.25) is 0 Å². The molecule has 2 aromatic carbocycles. The zero-order chi connectivity index (χ0) is 17.9. The van der Waals surface area contributed by atoms with Crippen LogP contribution in [0.1, 0.15) is 6.92 Å². The Hall–Kier alpha value is -1.60. The summed E-state index contributed by atoms with van der Waals surface area (Å²) in [7, 11) is -3.47. The van der Waals surface area contributed by atoms with Crippen molar-refractivity contribution in [3.05, 3.63) is 53.6 Å². The van der Waals surface area contributed by atoms with E-state index in [-0.39, 0.29) is 4.90 Å². The molecule has 1 fully saturated rings. The average molecular weight is 381 g/mol. The topological polar surface area (TPSA) is 49.9 Å². The van der Waals surface area contributed by atoms with Gasteiger partial charge in [0.05, 0.1) is 9.92 Å². The molecule has 25 heavy (non-hydrogen) atoms. The van der Waals surface area contributed by atoms with Crippen LogP contribution >= 0.6 is 11.6 Å². The number of halogens is 1. The van der Waals surface area contributed by atoms with Gasteiger partial charge in [0.25, 0.3) is 0 Å². The Kier molecular flexibility index (Phi) is 5.64. The maximum absolute atomic E-state index is 12.8. The van der Waals surface area contributed by atoms with Crippen LogP contribution in [0.25, 0.3) is 0 Å². The normalized spacial score (nSPS) is 16.7. The lowest BCUT2D eigenvalue weighted by atomic mass is 10.3. The summed E-state index contributed by atoms with van der Waals surface area (Å²) in [5.74, 6) is 1.08. The lowest BCUT2D eigenvalue weighted by Crippen LogP contribution is -2.48. The number of sulfonamides is 1. The van der Waals surface area contributed by atoms with E-state index < -0.39 is 10.0 Å². The van der Waals surface area contributed by atoms with Crippen LogP contribution in [0.2, 0.25) is 5.02 Å². The molecule has 0 N–H and O–H groups in total. The summed E-state index contributed by atoms with van der Waals surface area (Å²) in [4.78, 5) is 2.52. The van der Waals surface area contributed by atoms with Gasteiger partial charge in [-0.1, -0.05) is 30.7 Å². The molecule has 0 unspecified atom stereocenters. The predicted octanol–water partition coefficient (Wildman–Crippen LogP) is 3.46. The van der Waals surface area contributed by atoms with Crippen LogP contribution < -0.4 is 4.74 Å². The summed E-state index contributed by atoms with van der Waals surface area (Å²) in [5, 5.41) is 0.507. The van der Waals surface area contributed by atoms with Gasteiger partial charge in [0, 0.05) is 26.2 Å². The van der Waals surface area contributed by atoms with Crippen molar-refractivity contribution in [3.8, 4) is 11.5 Å². The van der Waals surface area contributed by atoms with Crippen molar-refractivity contribution in [1.29, 1.82) is 0 Å². The Morgan fingerprint density at radius 2 is 1.64 bits per heavy atom. The monoisotopic (exact) mass is 380 g/mol. The van der Waals surface area contributed by atoms with E-state index >= 15 is 0 Å². The highest BCUT2D eigenvalue weighted by Crippen LogP contribution is 2.29. The fourth-order valence-electron chi connectivity index (χ4n) is 2.77. The standard InChI is InChI=1S/C18H21ClN2O3S/c1-2-20-11-13-21(14-12-20)25(22,23)16-9-7-15(8-10-16)24-18-6-4-3-5-17(18)19/h3-10H,2,11-14H2,1H3. The Morgan fingerprint density at radius 3 is 2.24 bits per heavy atom. The summed E-state index contributed by atoms with van der Waals surface area (Å²) in [6.07, 6.45) is 0. The van der Waals surface area contributed by atoms with Crippen LogP contribution in [-0.2, 0) is 10.0 Å². The molecule has 0 aliphatic carbocycles. The summed E-state index contributed by atoms with van der Waals surface area (Å²) in [6, 6.07) is 13.6. The van der Waals surface area contributed by atoms with E-state index in [1.807, 2.05) is 12.1 Å². The first-order valence-corrected chi connectivity index (χ1v) is 10.1. The molecule has 1 saturated heterocycles. The molecule has 0 saturated carbocycles. The van der Waals surface area contributed by atoms with Gasteiger partial charge in [-0.25, -0.2) is 8.42 Å². The third-order valence-corrected chi connectivity index (χ3v) is 6.53. The SMILES string of the molecule is CCN1CCN(S(=O)(=O)c2ccc(Oc3ccccc3Cl)cc2)CC1. The fraction of sp³-hybridized carbons (Fsp3) is 0.333. The molecule has 5 nitrogen and oxygen atoms in total. The highest BCUT2D eigenvalue weighted by Gasteiger charge is 2.27. The van der Waals surface area contributed by atoms with Crippen molar-refractivity contribution in [3.63, 3.8) is 0 Å². The molecule has 0 aromatic heterocycles. The second-order valence-corrected chi connectivity index (χ2v) is 8.19. The van der Waals surface area contributed by atoms with Crippen LogP contribution in [0.3, 0.4) is 0 Å². The van der Waals surface area contributed by atoms with Crippen LogP contribution in [0.5, 0.6) is 11.5 Å². The third kappa shape index (κ3) is 4.15. The van der Waals surface area contributed by atoms with Crippen molar-refractivity contribution >= 4 is 21.6 Å². The van der Waals surface area contributed by atoms with Crippen molar-refractivity contribution < 1.29 is 13.2 Å². The van der Waals surface area contributed by atoms with Gasteiger partial charge in [-0.2, -0.15) is 4.31 Å².